The van der Waals surface area contributed by atoms with Crippen LogP contribution in [0.15, 0.2) is 77.2 Å². The number of aliphatic hydroxyl groups is 1. The topological polar surface area (TPSA) is 108 Å². The van der Waals surface area contributed by atoms with Gasteiger partial charge in [-0.15, -0.1) is 0 Å². The summed E-state index contributed by atoms with van der Waals surface area (Å²) < 4.78 is 11.8. The van der Waals surface area contributed by atoms with E-state index < -0.39 is 6.04 Å². The van der Waals surface area contributed by atoms with Gasteiger partial charge in [-0.3, -0.25) is 4.79 Å². The molecule has 0 bridgehead atoms. The van der Waals surface area contributed by atoms with Crippen LogP contribution in [0.5, 0.6) is 5.75 Å². The van der Waals surface area contributed by atoms with Gasteiger partial charge in [0.05, 0.1) is 43.5 Å². The molecule has 0 aliphatic rings. The predicted octanol–water partition coefficient (Wildman–Crippen LogP) is 5.63. The van der Waals surface area contributed by atoms with Crippen LogP contribution < -0.4 is 15.4 Å². The summed E-state index contributed by atoms with van der Waals surface area (Å²) in [4.78, 5) is 13.3. The van der Waals surface area contributed by atoms with Crippen molar-refractivity contribution in [1.29, 1.82) is 5.26 Å². The first-order valence-corrected chi connectivity index (χ1v) is 13.3. The molecular formula is C33H35N3O4. The summed E-state index contributed by atoms with van der Waals surface area (Å²) in [7, 11) is 1.59. The van der Waals surface area contributed by atoms with Crippen molar-refractivity contribution in [2.75, 3.05) is 13.7 Å². The molecule has 2 atom stereocenters. The zero-order chi connectivity index (χ0) is 28.6. The van der Waals surface area contributed by atoms with Crippen molar-refractivity contribution in [3.63, 3.8) is 0 Å². The highest BCUT2D eigenvalue weighted by Crippen LogP contribution is 2.34. The second-order valence-electron chi connectivity index (χ2n) is 10.0. The number of benzene rings is 3. The van der Waals surface area contributed by atoms with E-state index in [1.807, 2.05) is 37.3 Å². The van der Waals surface area contributed by atoms with Crippen molar-refractivity contribution in [1.82, 2.24) is 10.6 Å². The number of aryl methyl sites for hydroxylation is 2. The molecule has 0 saturated carbocycles. The molecule has 7 heteroatoms. The van der Waals surface area contributed by atoms with Gasteiger partial charge >= 0.3 is 0 Å². The van der Waals surface area contributed by atoms with Gasteiger partial charge in [-0.25, -0.2) is 0 Å². The summed E-state index contributed by atoms with van der Waals surface area (Å²) in [6, 6.07) is 24.7. The van der Waals surface area contributed by atoms with E-state index in [2.05, 4.69) is 54.8 Å². The number of carbonyl (C=O) groups excluding carboxylic acids is 1. The van der Waals surface area contributed by atoms with Gasteiger partial charge < -0.3 is 24.9 Å². The highest BCUT2D eigenvalue weighted by Gasteiger charge is 2.20. The number of furan rings is 1. The van der Waals surface area contributed by atoms with Gasteiger partial charge in [0.1, 0.15) is 17.3 Å². The third-order valence-electron chi connectivity index (χ3n) is 7.00. The molecule has 3 aromatic carbocycles. The Kier molecular flexibility index (Phi) is 9.39. The van der Waals surface area contributed by atoms with E-state index in [9.17, 15) is 9.90 Å². The normalized spacial score (nSPS) is 12.4. The van der Waals surface area contributed by atoms with Crippen molar-refractivity contribution in [3.8, 4) is 23.1 Å². The van der Waals surface area contributed by atoms with Crippen LogP contribution in [0.25, 0.3) is 11.3 Å². The molecule has 1 aromatic heterocycles. The van der Waals surface area contributed by atoms with Gasteiger partial charge in [-0.2, -0.15) is 5.26 Å². The quantitative estimate of drug-likeness (QED) is 0.229. The molecule has 0 aliphatic heterocycles. The second kappa shape index (κ2) is 13.1. The molecule has 4 rings (SSSR count). The summed E-state index contributed by atoms with van der Waals surface area (Å²) in [6.07, 6.45) is 0.436. The van der Waals surface area contributed by atoms with Crippen LogP contribution >= 0.6 is 0 Å². The molecule has 1 heterocycles. The number of ether oxygens (including phenoxy) is 1. The zero-order valence-electron chi connectivity index (χ0n) is 23.3. The Bertz CT molecular complexity index is 1480. The highest BCUT2D eigenvalue weighted by atomic mass is 16.5. The smallest absolute Gasteiger partial charge is 0.251 e. The number of nitrogens with one attached hydrogen (secondary N) is 2. The number of nitriles is 1. The number of methoxy groups -OCH3 is 1. The van der Waals surface area contributed by atoms with Crippen molar-refractivity contribution >= 4 is 5.91 Å². The van der Waals surface area contributed by atoms with Crippen LogP contribution in [0.3, 0.4) is 0 Å². The first-order chi connectivity index (χ1) is 19.3. The molecule has 0 spiro atoms. The Hall–Kier alpha value is -4.38. The number of carbonyl (C=O) groups is 1. The molecule has 4 aromatic rings. The number of rotatable bonds is 11. The molecule has 206 valence electrons. The fourth-order valence-corrected chi connectivity index (χ4v) is 4.56. The molecule has 0 saturated heterocycles. The average molecular weight is 538 g/mol. The minimum absolute atomic E-state index is 0.155. The molecule has 3 N–H and O–H groups in total. The van der Waals surface area contributed by atoms with E-state index in [1.165, 1.54) is 11.1 Å². The van der Waals surface area contributed by atoms with Gasteiger partial charge in [-0.05, 0) is 80.3 Å². The van der Waals surface area contributed by atoms with Gasteiger partial charge in [0.25, 0.3) is 5.91 Å². The van der Waals surface area contributed by atoms with Gasteiger partial charge in [0, 0.05) is 11.6 Å². The van der Waals surface area contributed by atoms with Crippen LogP contribution in [0.1, 0.15) is 56.9 Å². The molecule has 2 unspecified atom stereocenters. The Balaban J connectivity index is 1.48. The molecule has 0 fully saturated rings. The Morgan fingerprint density at radius 2 is 1.77 bits per heavy atom. The lowest BCUT2D eigenvalue weighted by molar-refractivity contribution is 0.0916. The highest BCUT2D eigenvalue weighted by molar-refractivity contribution is 5.97. The largest absolute Gasteiger partial charge is 0.496 e. The molecule has 7 nitrogen and oxygen atoms in total. The van der Waals surface area contributed by atoms with E-state index in [0.717, 1.165) is 16.9 Å². The van der Waals surface area contributed by atoms with E-state index >= 15 is 0 Å². The van der Waals surface area contributed by atoms with Gasteiger partial charge in [0.15, 0.2) is 0 Å². The van der Waals surface area contributed by atoms with Crippen molar-refractivity contribution in [2.24, 2.45) is 0 Å². The predicted molar refractivity (Wildman–Crippen MR) is 155 cm³/mol. The zero-order valence-corrected chi connectivity index (χ0v) is 23.3. The first kappa shape index (κ1) is 28.6. The maximum Gasteiger partial charge on any atom is 0.251 e. The van der Waals surface area contributed by atoms with Crippen molar-refractivity contribution < 1.29 is 19.1 Å². The fraction of sp³-hybridized carbons (Fsp3) is 0.273. The Morgan fingerprint density at radius 1 is 1.05 bits per heavy atom. The third-order valence-corrected chi connectivity index (χ3v) is 7.00. The average Bonchev–Trinajstić information content (AvgIpc) is 3.44. The van der Waals surface area contributed by atoms with Crippen LogP contribution in [-0.2, 0) is 13.0 Å². The summed E-state index contributed by atoms with van der Waals surface area (Å²) in [5, 5.41) is 25.4. The van der Waals surface area contributed by atoms with E-state index in [4.69, 9.17) is 14.4 Å². The Labute approximate surface area is 235 Å². The SMILES string of the molecule is COc1cc(C)c(C(=O)NC(CO)Cc2ccc(C#N)cc2)cc1-c1ccc(CNC(C)c2ccc(C)cc2)o1. The van der Waals surface area contributed by atoms with Crippen molar-refractivity contribution in [2.45, 2.75) is 45.8 Å². The van der Waals surface area contributed by atoms with E-state index in [0.29, 0.717) is 41.2 Å². The number of amides is 1. The fourth-order valence-electron chi connectivity index (χ4n) is 4.56. The number of hydrogen-bond acceptors (Lipinski definition) is 6. The summed E-state index contributed by atoms with van der Waals surface area (Å²) in [5.41, 5.74) is 5.79. The first-order valence-electron chi connectivity index (χ1n) is 13.3. The van der Waals surface area contributed by atoms with Crippen LogP contribution in [0, 0.1) is 25.2 Å². The summed E-state index contributed by atoms with van der Waals surface area (Å²) in [6.45, 7) is 6.36. The summed E-state index contributed by atoms with van der Waals surface area (Å²) >= 11 is 0. The molecular weight excluding hydrogens is 502 g/mol. The second-order valence-corrected chi connectivity index (χ2v) is 10.0. The van der Waals surface area contributed by atoms with E-state index in [-0.39, 0.29) is 18.6 Å². The molecule has 0 aliphatic carbocycles. The van der Waals surface area contributed by atoms with Crippen LogP contribution in [-0.4, -0.2) is 30.8 Å². The maximum atomic E-state index is 13.3. The maximum absolute atomic E-state index is 13.3. The molecule has 40 heavy (non-hydrogen) atoms. The van der Waals surface area contributed by atoms with Crippen LogP contribution in [0.2, 0.25) is 0 Å². The number of nitrogens with zero attached hydrogens (tertiary/aromatic N) is 1. The van der Waals surface area contributed by atoms with Gasteiger partial charge in [0.2, 0.25) is 0 Å². The van der Waals surface area contributed by atoms with Crippen LogP contribution in [0.4, 0.5) is 0 Å². The Morgan fingerprint density at radius 3 is 2.42 bits per heavy atom. The monoisotopic (exact) mass is 537 g/mol. The van der Waals surface area contributed by atoms with E-state index in [1.54, 1.807) is 25.3 Å². The minimum Gasteiger partial charge on any atom is -0.496 e. The minimum atomic E-state index is -0.484. The summed E-state index contributed by atoms with van der Waals surface area (Å²) in [5.74, 6) is 1.68. The van der Waals surface area contributed by atoms with Crippen molar-refractivity contribution in [3.05, 3.63) is 112 Å². The standard InChI is InChI=1S/C33H35N3O4/c1-21-5-11-26(12-6-21)23(3)35-19-28-13-14-31(40-28)30-17-29(22(2)15-32(30)39-4)33(38)36-27(20-37)16-24-7-9-25(18-34)10-8-24/h5-15,17,23,27,35,37H,16,19-20H2,1-4H3,(H,36,38). The number of aliphatic hydroxyl groups excluding tert-OH is 1. The lowest BCUT2D eigenvalue weighted by Crippen LogP contribution is -2.39. The molecule has 0 radical (unpaired) electrons. The lowest BCUT2D eigenvalue weighted by atomic mass is 10.0. The molecule has 1 amide bonds. The lowest BCUT2D eigenvalue weighted by Gasteiger charge is -2.18. The van der Waals surface area contributed by atoms with Gasteiger partial charge in [-0.1, -0.05) is 42.0 Å². The number of hydrogen-bond donors (Lipinski definition) is 3. The third kappa shape index (κ3) is 6.97.